The van der Waals surface area contributed by atoms with E-state index in [1.54, 1.807) is 12.1 Å². The Bertz CT molecular complexity index is 1020. The lowest BCUT2D eigenvalue weighted by Crippen LogP contribution is -2.19. The molecule has 0 aliphatic carbocycles. The zero-order chi connectivity index (χ0) is 20.1. The Labute approximate surface area is 167 Å². The van der Waals surface area contributed by atoms with Crippen LogP contribution in [0.3, 0.4) is 0 Å². The first-order valence-electron chi connectivity index (χ1n) is 8.73. The molecule has 0 spiro atoms. The maximum atomic E-state index is 13.1. The molecule has 0 aliphatic rings. The lowest BCUT2D eigenvalue weighted by Gasteiger charge is -2.14. The van der Waals surface area contributed by atoms with E-state index in [2.05, 4.69) is 10.6 Å². The Morgan fingerprint density at radius 3 is 2.29 bits per heavy atom. The molecule has 0 heterocycles. The van der Waals surface area contributed by atoms with Crippen molar-refractivity contribution in [1.82, 2.24) is 0 Å². The summed E-state index contributed by atoms with van der Waals surface area (Å²) in [5.41, 5.74) is 2.52. The number of para-hydroxylation sites is 1. The molecule has 0 bridgehead atoms. The predicted molar refractivity (Wildman–Crippen MR) is 110 cm³/mol. The van der Waals surface area contributed by atoms with Crippen molar-refractivity contribution in [3.05, 3.63) is 94.3 Å². The number of anilines is 2. The molecular weight excluding hydrogens is 379 g/mol. The number of benzene rings is 3. The highest BCUT2D eigenvalue weighted by Gasteiger charge is 2.16. The summed E-state index contributed by atoms with van der Waals surface area (Å²) < 4.78 is 13.1. The number of aryl methyl sites for hydroxylation is 1. The summed E-state index contributed by atoms with van der Waals surface area (Å²) in [7, 11) is 0. The number of hydrogen-bond donors (Lipinski definition) is 2. The Kier molecular flexibility index (Phi) is 6.06. The van der Waals surface area contributed by atoms with Crippen molar-refractivity contribution < 1.29 is 14.0 Å². The molecule has 3 aromatic carbocycles. The summed E-state index contributed by atoms with van der Waals surface area (Å²) in [6.07, 6.45) is 0.769. The first-order chi connectivity index (χ1) is 13.5. The predicted octanol–water partition coefficient (Wildman–Crippen LogP) is 5.55. The van der Waals surface area contributed by atoms with E-state index in [0.29, 0.717) is 10.7 Å². The van der Waals surface area contributed by atoms with Gasteiger partial charge in [-0.15, -0.1) is 0 Å². The monoisotopic (exact) mass is 396 g/mol. The van der Waals surface area contributed by atoms with Crippen LogP contribution < -0.4 is 10.6 Å². The second-order valence-corrected chi connectivity index (χ2v) is 6.55. The minimum absolute atomic E-state index is 0.268. The van der Waals surface area contributed by atoms with Gasteiger partial charge < -0.3 is 10.6 Å². The standard InChI is InChI=1S/C22H18ClFN2O2/c1-2-14-5-3-4-6-19(14)25-22(28)18-12-9-16(23)13-20(18)26-21(27)15-7-10-17(24)11-8-15/h3-13H,2H2,1H3,(H,25,28)(H,26,27). The summed E-state index contributed by atoms with van der Waals surface area (Å²) in [5.74, 6) is -1.27. The van der Waals surface area contributed by atoms with Crippen LogP contribution in [-0.4, -0.2) is 11.8 Å². The summed E-state index contributed by atoms with van der Waals surface area (Å²) >= 11 is 6.05. The van der Waals surface area contributed by atoms with Crippen LogP contribution in [0.5, 0.6) is 0 Å². The molecule has 2 amide bonds. The quantitative estimate of drug-likeness (QED) is 0.594. The van der Waals surface area contributed by atoms with E-state index in [4.69, 9.17) is 11.6 Å². The smallest absolute Gasteiger partial charge is 0.257 e. The second-order valence-electron chi connectivity index (χ2n) is 6.12. The van der Waals surface area contributed by atoms with Gasteiger partial charge in [0.25, 0.3) is 11.8 Å². The second kappa shape index (κ2) is 8.67. The van der Waals surface area contributed by atoms with Crippen molar-refractivity contribution in [2.75, 3.05) is 10.6 Å². The van der Waals surface area contributed by atoms with Crippen molar-refractivity contribution >= 4 is 34.8 Å². The molecule has 2 N–H and O–H groups in total. The van der Waals surface area contributed by atoms with E-state index in [1.807, 2.05) is 31.2 Å². The van der Waals surface area contributed by atoms with E-state index in [0.717, 1.165) is 12.0 Å². The zero-order valence-electron chi connectivity index (χ0n) is 15.1. The molecule has 0 saturated heterocycles. The van der Waals surface area contributed by atoms with Gasteiger partial charge in [-0.05, 0) is 60.5 Å². The molecule has 6 heteroatoms. The van der Waals surface area contributed by atoms with Gasteiger partial charge in [-0.25, -0.2) is 4.39 Å². The van der Waals surface area contributed by atoms with E-state index in [1.165, 1.54) is 30.3 Å². The third-order valence-electron chi connectivity index (χ3n) is 4.23. The number of hydrogen-bond acceptors (Lipinski definition) is 2. The minimum Gasteiger partial charge on any atom is -0.322 e. The highest BCUT2D eigenvalue weighted by Crippen LogP contribution is 2.24. The average Bonchev–Trinajstić information content (AvgIpc) is 2.69. The number of carbonyl (C=O) groups excluding carboxylic acids is 2. The minimum atomic E-state index is -0.467. The fourth-order valence-electron chi connectivity index (χ4n) is 2.75. The zero-order valence-corrected chi connectivity index (χ0v) is 15.9. The summed E-state index contributed by atoms with van der Waals surface area (Å²) in [5, 5.41) is 5.93. The largest absolute Gasteiger partial charge is 0.322 e. The van der Waals surface area contributed by atoms with E-state index in [9.17, 15) is 14.0 Å². The maximum Gasteiger partial charge on any atom is 0.257 e. The average molecular weight is 397 g/mol. The van der Waals surface area contributed by atoms with Gasteiger partial charge in [-0.1, -0.05) is 36.7 Å². The highest BCUT2D eigenvalue weighted by atomic mass is 35.5. The molecule has 0 saturated carbocycles. The molecule has 0 radical (unpaired) electrons. The number of halogens is 2. The molecule has 3 rings (SSSR count). The molecule has 4 nitrogen and oxygen atoms in total. The lowest BCUT2D eigenvalue weighted by molar-refractivity contribution is 0.102. The van der Waals surface area contributed by atoms with Gasteiger partial charge in [-0.2, -0.15) is 0 Å². The molecule has 0 aromatic heterocycles. The van der Waals surface area contributed by atoms with Crippen molar-refractivity contribution in [3.8, 4) is 0 Å². The van der Waals surface area contributed by atoms with Gasteiger partial charge >= 0.3 is 0 Å². The fourth-order valence-corrected chi connectivity index (χ4v) is 2.93. The normalized spacial score (nSPS) is 10.4. The van der Waals surface area contributed by atoms with Crippen LogP contribution in [0.2, 0.25) is 5.02 Å². The van der Waals surface area contributed by atoms with Crippen LogP contribution in [-0.2, 0) is 6.42 Å². The highest BCUT2D eigenvalue weighted by molar-refractivity contribution is 6.31. The van der Waals surface area contributed by atoms with Gasteiger partial charge in [-0.3, -0.25) is 9.59 Å². The molecule has 28 heavy (non-hydrogen) atoms. The van der Waals surface area contributed by atoms with Crippen LogP contribution in [0, 0.1) is 5.82 Å². The van der Waals surface area contributed by atoms with Gasteiger partial charge in [0.05, 0.1) is 11.3 Å². The molecule has 3 aromatic rings. The van der Waals surface area contributed by atoms with Crippen LogP contribution in [0.4, 0.5) is 15.8 Å². The first-order valence-corrected chi connectivity index (χ1v) is 9.11. The number of amides is 2. The number of nitrogens with one attached hydrogen (secondary N) is 2. The molecule has 0 fully saturated rings. The van der Waals surface area contributed by atoms with Crippen LogP contribution in [0.1, 0.15) is 33.2 Å². The van der Waals surface area contributed by atoms with Crippen LogP contribution in [0.25, 0.3) is 0 Å². The first kappa shape index (κ1) is 19.6. The van der Waals surface area contributed by atoms with Gasteiger partial charge in [0.2, 0.25) is 0 Å². The molecule has 0 unspecified atom stereocenters. The van der Waals surface area contributed by atoms with Crippen LogP contribution in [0.15, 0.2) is 66.7 Å². The van der Waals surface area contributed by atoms with Gasteiger partial charge in [0, 0.05) is 16.3 Å². The van der Waals surface area contributed by atoms with Crippen molar-refractivity contribution in [3.63, 3.8) is 0 Å². The molecule has 0 atom stereocenters. The van der Waals surface area contributed by atoms with Gasteiger partial charge in [0.1, 0.15) is 5.82 Å². The van der Waals surface area contributed by atoms with E-state index in [-0.39, 0.29) is 22.7 Å². The topological polar surface area (TPSA) is 58.2 Å². The van der Waals surface area contributed by atoms with Crippen molar-refractivity contribution in [1.29, 1.82) is 0 Å². The third kappa shape index (κ3) is 4.56. The Morgan fingerprint density at radius 2 is 1.57 bits per heavy atom. The maximum absolute atomic E-state index is 13.1. The summed E-state index contributed by atoms with van der Waals surface area (Å²) in [6, 6.07) is 17.3. The molecule has 142 valence electrons. The Balaban J connectivity index is 1.86. The number of carbonyl (C=O) groups is 2. The third-order valence-corrected chi connectivity index (χ3v) is 4.46. The SMILES string of the molecule is CCc1ccccc1NC(=O)c1ccc(Cl)cc1NC(=O)c1ccc(F)cc1. The summed E-state index contributed by atoms with van der Waals surface area (Å²) in [4.78, 5) is 25.3. The summed E-state index contributed by atoms with van der Waals surface area (Å²) in [6.45, 7) is 2.00. The fraction of sp³-hybridized carbons (Fsp3) is 0.0909. The lowest BCUT2D eigenvalue weighted by atomic mass is 10.1. The number of rotatable bonds is 5. The Hall–Kier alpha value is -3.18. The Morgan fingerprint density at radius 1 is 0.893 bits per heavy atom. The molecular formula is C22H18ClFN2O2. The molecule has 0 aliphatic heterocycles. The van der Waals surface area contributed by atoms with Crippen molar-refractivity contribution in [2.24, 2.45) is 0 Å². The van der Waals surface area contributed by atoms with Gasteiger partial charge in [0.15, 0.2) is 0 Å². The van der Waals surface area contributed by atoms with E-state index < -0.39 is 11.7 Å². The van der Waals surface area contributed by atoms with Crippen LogP contribution >= 0.6 is 11.6 Å². The van der Waals surface area contributed by atoms with E-state index >= 15 is 0 Å². The van der Waals surface area contributed by atoms with Crippen molar-refractivity contribution in [2.45, 2.75) is 13.3 Å².